The summed E-state index contributed by atoms with van der Waals surface area (Å²) in [6.45, 7) is 0. The standard InChI is InChI=1S/C26H27FN4O3/c1-34-23-13-7-18(8-14-23)24(25(32)30-21-5-3-2-4-6-21)31(22-11-9-20(27)10-12-22)26(33)19-15-28-17-29-16-19/h7-17,21,24H,2-6H2,1H3,(H,30,32)/t24-/m1/s1. The second-order valence-corrected chi connectivity index (χ2v) is 8.30. The Morgan fingerprint density at radius 3 is 2.26 bits per heavy atom. The summed E-state index contributed by atoms with van der Waals surface area (Å²) in [7, 11) is 1.56. The molecule has 1 aliphatic carbocycles. The van der Waals surface area contributed by atoms with Crippen LogP contribution in [0.4, 0.5) is 10.1 Å². The van der Waals surface area contributed by atoms with Crippen LogP contribution in [0.3, 0.4) is 0 Å². The van der Waals surface area contributed by atoms with E-state index in [1.807, 2.05) is 0 Å². The van der Waals surface area contributed by atoms with Crippen molar-refractivity contribution < 1.29 is 18.7 Å². The summed E-state index contributed by atoms with van der Waals surface area (Å²) < 4.78 is 19.0. The van der Waals surface area contributed by atoms with Crippen LogP contribution in [0.5, 0.6) is 5.75 Å². The largest absolute Gasteiger partial charge is 0.497 e. The number of ether oxygens (including phenoxy) is 1. The first-order valence-corrected chi connectivity index (χ1v) is 11.4. The van der Waals surface area contributed by atoms with Gasteiger partial charge in [0.15, 0.2) is 0 Å². The number of carbonyl (C=O) groups is 2. The monoisotopic (exact) mass is 462 g/mol. The molecule has 1 saturated carbocycles. The van der Waals surface area contributed by atoms with Crippen LogP contribution in [-0.4, -0.2) is 34.9 Å². The lowest BCUT2D eigenvalue weighted by atomic mass is 9.94. The number of halogens is 1. The highest BCUT2D eigenvalue weighted by molar-refractivity contribution is 6.09. The highest BCUT2D eigenvalue weighted by Crippen LogP contribution is 2.31. The van der Waals surface area contributed by atoms with E-state index >= 15 is 0 Å². The minimum atomic E-state index is -0.994. The Morgan fingerprint density at radius 1 is 1.00 bits per heavy atom. The molecule has 1 atom stereocenters. The first-order chi connectivity index (χ1) is 16.6. The first-order valence-electron chi connectivity index (χ1n) is 11.4. The number of rotatable bonds is 7. The fourth-order valence-electron chi connectivity index (χ4n) is 4.26. The topological polar surface area (TPSA) is 84.4 Å². The number of benzene rings is 2. The molecule has 0 radical (unpaired) electrons. The summed E-state index contributed by atoms with van der Waals surface area (Å²) in [6, 6.07) is 11.6. The second kappa shape index (κ2) is 10.9. The van der Waals surface area contributed by atoms with Crippen LogP contribution in [0.25, 0.3) is 0 Å². The normalized spacial score (nSPS) is 14.8. The van der Waals surface area contributed by atoms with Crippen LogP contribution in [0.15, 0.2) is 67.3 Å². The molecule has 34 heavy (non-hydrogen) atoms. The molecule has 2 aromatic carbocycles. The zero-order valence-corrected chi connectivity index (χ0v) is 19.0. The summed E-state index contributed by atoms with van der Waals surface area (Å²) in [6.07, 6.45) is 9.20. The van der Waals surface area contributed by atoms with Gasteiger partial charge in [0.25, 0.3) is 5.91 Å². The van der Waals surface area contributed by atoms with Crippen molar-refractivity contribution in [3.05, 3.63) is 84.2 Å². The fourth-order valence-corrected chi connectivity index (χ4v) is 4.26. The van der Waals surface area contributed by atoms with Crippen molar-refractivity contribution in [2.75, 3.05) is 12.0 Å². The maximum absolute atomic E-state index is 13.7. The molecule has 1 fully saturated rings. The van der Waals surface area contributed by atoms with Gasteiger partial charge < -0.3 is 10.1 Å². The van der Waals surface area contributed by atoms with E-state index in [0.29, 0.717) is 17.0 Å². The molecule has 0 saturated heterocycles. The van der Waals surface area contributed by atoms with Crippen LogP contribution < -0.4 is 15.0 Å². The van der Waals surface area contributed by atoms with Gasteiger partial charge in [-0.15, -0.1) is 0 Å². The Morgan fingerprint density at radius 2 is 1.65 bits per heavy atom. The molecule has 4 rings (SSSR count). The van der Waals surface area contributed by atoms with E-state index < -0.39 is 17.8 Å². The quantitative estimate of drug-likeness (QED) is 0.560. The van der Waals surface area contributed by atoms with Gasteiger partial charge in [-0.25, -0.2) is 14.4 Å². The van der Waals surface area contributed by atoms with Crippen molar-refractivity contribution in [3.63, 3.8) is 0 Å². The van der Waals surface area contributed by atoms with Gasteiger partial charge in [-0.05, 0) is 54.8 Å². The molecule has 0 unspecified atom stereocenters. The van der Waals surface area contributed by atoms with E-state index in [0.717, 1.165) is 32.1 Å². The number of hydrogen-bond donors (Lipinski definition) is 1. The Labute approximate surface area is 198 Å². The first kappa shape index (κ1) is 23.4. The number of aromatic nitrogens is 2. The average molecular weight is 463 g/mol. The highest BCUT2D eigenvalue weighted by atomic mass is 19.1. The van der Waals surface area contributed by atoms with E-state index in [9.17, 15) is 14.0 Å². The Hall–Kier alpha value is -3.81. The molecule has 1 aliphatic rings. The minimum absolute atomic E-state index is 0.0484. The van der Waals surface area contributed by atoms with E-state index in [1.54, 1.807) is 31.4 Å². The summed E-state index contributed by atoms with van der Waals surface area (Å²) in [5.74, 6) is -0.573. The number of amides is 2. The lowest BCUT2D eigenvalue weighted by molar-refractivity contribution is -0.123. The average Bonchev–Trinajstić information content (AvgIpc) is 2.89. The van der Waals surface area contributed by atoms with Gasteiger partial charge in [-0.1, -0.05) is 31.4 Å². The molecule has 176 valence electrons. The number of hydrogen-bond acceptors (Lipinski definition) is 5. The van der Waals surface area contributed by atoms with E-state index in [2.05, 4.69) is 15.3 Å². The fraction of sp³-hybridized carbons (Fsp3) is 0.308. The zero-order valence-electron chi connectivity index (χ0n) is 19.0. The molecule has 2 amide bonds. The zero-order chi connectivity index (χ0) is 23.9. The SMILES string of the molecule is COc1ccc([C@H](C(=O)NC2CCCCC2)N(C(=O)c2cncnc2)c2ccc(F)cc2)cc1. The van der Waals surface area contributed by atoms with Crippen LogP contribution >= 0.6 is 0 Å². The molecule has 0 spiro atoms. The Balaban J connectivity index is 1.79. The van der Waals surface area contributed by atoms with Gasteiger partial charge >= 0.3 is 0 Å². The molecule has 7 nitrogen and oxygen atoms in total. The Kier molecular flexibility index (Phi) is 7.47. The molecular weight excluding hydrogens is 435 g/mol. The molecular formula is C26H27FN4O3. The van der Waals surface area contributed by atoms with E-state index in [4.69, 9.17) is 4.74 Å². The number of nitrogens with zero attached hydrogens (tertiary/aromatic N) is 3. The predicted molar refractivity (Wildman–Crippen MR) is 126 cm³/mol. The van der Waals surface area contributed by atoms with Crippen molar-refractivity contribution in [1.82, 2.24) is 15.3 Å². The van der Waals surface area contributed by atoms with E-state index in [-0.39, 0.29) is 17.5 Å². The molecule has 0 aliphatic heterocycles. The number of methoxy groups -OCH3 is 1. The predicted octanol–water partition coefficient (Wildman–Crippen LogP) is 4.46. The van der Waals surface area contributed by atoms with Crippen molar-refractivity contribution in [1.29, 1.82) is 0 Å². The van der Waals surface area contributed by atoms with Crippen molar-refractivity contribution in [2.24, 2.45) is 0 Å². The third kappa shape index (κ3) is 5.39. The summed E-state index contributed by atoms with van der Waals surface area (Å²) in [5, 5.41) is 3.14. The lowest BCUT2D eigenvalue weighted by Gasteiger charge is -2.33. The highest BCUT2D eigenvalue weighted by Gasteiger charge is 2.35. The molecule has 8 heteroatoms. The van der Waals surface area contributed by atoms with Crippen molar-refractivity contribution >= 4 is 17.5 Å². The number of nitrogens with one attached hydrogen (secondary N) is 1. The van der Waals surface area contributed by atoms with Crippen LogP contribution in [0.2, 0.25) is 0 Å². The van der Waals surface area contributed by atoms with Crippen LogP contribution in [0, 0.1) is 5.82 Å². The molecule has 0 bridgehead atoms. The second-order valence-electron chi connectivity index (χ2n) is 8.30. The summed E-state index contributed by atoms with van der Waals surface area (Å²) in [4.78, 5) is 36.7. The summed E-state index contributed by atoms with van der Waals surface area (Å²) >= 11 is 0. The van der Waals surface area contributed by atoms with Gasteiger partial charge in [0, 0.05) is 24.1 Å². The van der Waals surface area contributed by atoms with Gasteiger partial charge in [0.05, 0.1) is 12.7 Å². The smallest absolute Gasteiger partial charge is 0.262 e. The third-order valence-electron chi connectivity index (χ3n) is 6.02. The molecule has 3 aromatic rings. The Bertz CT molecular complexity index is 1100. The molecule has 1 N–H and O–H groups in total. The molecule has 1 aromatic heterocycles. The third-order valence-corrected chi connectivity index (χ3v) is 6.02. The van der Waals surface area contributed by atoms with Crippen molar-refractivity contribution in [2.45, 2.75) is 44.2 Å². The maximum atomic E-state index is 13.7. The van der Waals surface area contributed by atoms with Crippen molar-refractivity contribution in [3.8, 4) is 5.75 Å². The van der Waals surface area contributed by atoms with Gasteiger partial charge in [0.1, 0.15) is 23.9 Å². The van der Waals surface area contributed by atoms with Gasteiger partial charge in [-0.2, -0.15) is 0 Å². The number of anilines is 1. The van der Waals surface area contributed by atoms with Gasteiger partial charge in [0.2, 0.25) is 5.91 Å². The molecule has 1 heterocycles. The minimum Gasteiger partial charge on any atom is -0.497 e. The summed E-state index contributed by atoms with van der Waals surface area (Å²) in [5.41, 5.74) is 1.20. The van der Waals surface area contributed by atoms with Crippen LogP contribution in [-0.2, 0) is 4.79 Å². The van der Waals surface area contributed by atoms with Gasteiger partial charge in [-0.3, -0.25) is 14.5 Å². The van der Waals surface area contributed by atoms with Crippen LogP contribution in [0.1, 0.15) is 54.1 Å². The lowest BCUT2D eigenvalue weighted by Crippen LogP contribution is -2.47. The maximum Gasteiger partial charge on any atom is 0.262 e. The van der Waals surface area contributed by atoms with E-state index in [1.165, 1.54) is 47.9 Å². The number of carbonyl (C=O) groups excluding carboxylic acids is 2.